The van der Waals surface area contributed by atoms with Crippen LogP contribution in [0.2, 0.25) is 0 Å². The molecular formula is C48H48Br3F6N3Na3O15P3S6. The van der Waals surface area contributed by atoms with Gasteiger partial charge in [0.15, 0.2) is 0 Å². The van der Waals surface area contributed by atoms with Crippen molar-refractivity contribution in [2.24, 2.45) is 0 Å². The molecule has 6 aromatic rings. The summed E-state index contributed by atoms with van der Waals surface area (Å²) < 4.78 is 190. The quantitative estimate of drug-likeness (QED) is 0.0288. The Bertz CT molecular complexity index is 3450. The van der Waals surface area contributed by atoms with Crippen molar-refractivity contribution in [3.63, 3.8) is 0 Å². The minimum Gasteiger partial charge on any atom is -0.806 e. The fourth-order valence-electron chi connectivity index (χ4n) is 6.81. The summed E-state index contributed by atoms with van der Waals surface area (Å²) in [5.41, 5.74) is -9.70. The van der Waals surface area contributed by atoms with Crippen LogP contribution in [0.1, 0.15) is 50.1 Å². The summed E-state index contributed by atoms with van der Waals surface area (Å²) in [4.78, 5) is 58.9. The van der Waals surface area contributed by atoms with Crippen LogP contribution in [0.25, 0.3) is 0 Å². The summed E-state index contributed by atoms with van der Waals surface area (Å²) in [7, 11) is -27.8. The number of anilines is 3. The van der Waals surface area contributed by atoms with E-state index < -0.39 is 86.5 Å². The molecule has 0 radical (unpaired) electrons. The number of sulfonamides is 3. The van der Waals surface area contributed by atoms with E-state index in [9.17, 15) is 80.0 Å². The number of nitrogens with one attached hydrogen (secondary N) is 3. The number of halogens is 9. The van der Waals surface area contributed by atoms with Crippen LogP contribution in [0.5, 0.6) is 0 Å². The van der Waals surface area contributed by atoms with Crippen LogP contribution in [0.3, 0.4) is 0 Å². The number of hydrogen-bond acceptors (Lipinski definition) is 15. The molecule has 0 bridgehead atoms. The van der Waals surface area contributed by atoms with E-state index in [0.717, 1.165) is 53.7 Å². The Hall–Kier alpha value is 0.0900. The van der Waals surface area contributed by atoms with E-state index in [1.165, 1.54) is 71.7 Å². The fraction of sp³-hybridized carbons (Fsp3) is 0.250. The van der Waals surface area contributed by atoms with Crippen LogP contribution < -0.4 is 118 Å². The zero-order valence-electron chi connectivity index (χ0n) is 46.3. The van der Waals surface area contributed by atoms with E-state index >= 15 is 0 Å². The number of thioether (sulfide) groups is 3. The molecule has 0 aliphatic heterocycles. The van der Waals surface area contributed by atoms with Gasteiger partial charge in [0.25, 0.3) is 5.66 Å². The van der Waals surface area contributed by atoms with Gasteiger partial charge >= 0.3 is 108 Å². The summed E-state index contributed by atoms with van der Waals surface area (Å²) in [6, 6.07) is 31.6. The van der Waals surface area contributed by atoms with E-state index in [1.54, 1.807) is 54.6 Å². The predicted molar refractivity (Wildman–Crippen MR) is 323 cm³/mol. The van der Waals surface area contributed by atoms with Crippen molar-refractivity contribution in [3.8, 4) is 0 Å². The second-order valence-electron chi connectivity index (χ2n) is 17.8. The molecule has 6 aromatic carbocycles. The van der Waals surface area contributed by atoms with Crippen molar-refractivity contribution in [1.29, 1.82) is 0 Å². The molecule has 18 nitrogen and oxygen atoms in total. The summed E-state index contributed by atoms with van der Waals surface area (Å²) in [6.07, 6.45) is 3.17. The maximum Gasteiger partial charge on any atom is 1.00 e. The zero-order chi connectivity index (χ0) is 63.5. The van der Waals surface area contributed by atoms with Crippen molar-refractivity contribution in [2.75, 3.05) is 32.9 Å². The third-order valence-electron chi connectivity index (χ3n) is 10.4. The average molecular weight is 1610 g/mol. The van der Waals surface area contributed by atoms with Crippen LogP contribution in [0.15, 0.2) is 141 Å². The Morgan fingerprint density at radius 3 is 0.885 bits per heavy atom. The topological polar surface area (TPSA) is 320 Å². The average Bonchev–Trinajstić information content (AvgIpc) is 3.55. The molecule has 87 heavy (non-hydrogen) atoms. The predicted octanol–water partition coefficient (Wildman–Crippen LogP) is 2.56. The molecule has 0 heterocycles. The first kappa shape index (κ1) is 85.1. The monoisotopic (exact) mass is 1610 g/mol. The van der Waals surface area contributed by atoms with Gasteiger partial charge in [0, 0.05) is 89.3 Å². The van der Waals surface area contributed by atoms with E-state index in [0.29, 0.717) is 68.3 Å². The SMILES string of the molecule is CS(=O)(=O)Nc1cccc(CSCc2ccc(C(F)(F)P(=O)(O)O)c(Br)c2)c1.CS(=O)(=O)Nc1cccc(CSCc2ccc(C(F)(F)P(=O)([O-])O)c(Br)c2)c1.CS(=O)(=O)Nc1cccc(CSCc2ccc(C(F)(F)P(=O)([O-])[O-])c(Br)c2)c1.[Na+].[Na+].[Na+]. The van der Waals surface area contributed by atoms with Gasteiger partial charge in [0.1, 0.15) is 0 Å². The molecular weight excluding hydrogens is 1570 g/mol. The molecule has 0 aliphatic rings. The van der Waals surface area contributed by atoms with Crippen LogP contribution >= 0.6 is 106 Å². The van der Waals surface area contributed by atoms with Crippen LogP contribution in [0.4, 0.5) is 43.4 Å². The smallest absolute Gasteiger partial charge is 0.806 e. The number of hydrogen-bond donors (Lipinski definition) is 6. The molecule has 1 atom stereocenters. The van der Waals surface area contributed by atoms with Gasteiger partial charge in [-0.05, 0) is 88.0 Å². The molecule has 6 N–H and O–H groups in total. The number of rotatable bonds is 24. The Kier molecular flexibility index (Phi) is 34.9. The van der Waals surface area contributed by atoms with E-state index in [2.05, 4.69) is 62.0 Å². The van der Waals surface area contributed by atoms with E-state index in [1.807, 2.05) is 18.2 Å². The van der Waals surface area contributed by atoms with Gasteiger partial charge < -0.3 is 38.5 Å². The third-order valence-corrected chi connectivity index (χ3v) is 20.3. The second-order valence-corrected chi connectivity index (χ2v) is 33.4. The Morgan fingerprint density at radius 1 is 0.425 bits per heavy atom. The summed E-state index contributed by atoms with van der Waals surface area (Å²) >= 11 is 13.2. The first-order chi connectivity index (χ1) is 38.4. The molecule has 462 valence electrons. The normalized spacial score (nSPS) is 12.9. The molecule has 1 unspecified atom stereocenters. The first-order valence-electron chi connectivity index (χ1n) is 22.9. The summed E-state index contributed by atoms with van der Waals surface area (Å²) in [5, 5.41) is 0. The van der Waals surface area contributed by atoms with Gasteiger partial charge in [0.2, 0.25) is 37.7 Å². The van der Waals surface area contributed by atoms with Gasteiger partial charge in [-0.2, -0.15) is 61.6 Å². The molecule has 0 saturated heterocycles. The molecule has 0 spiro atoms. The van der Waals surface area contributed by atoms with Crippen molar-refractivity contribution in [3.05, 3.63) is 191 Å². The maximum absolute atomic E-state index is 13.8. The van der Waals surface area contributed by atoms with Crippen LogP contribution in [-0.4, -0.2) is 58.7 Å². The van der Waals surface area contributed by atoms with Gasteiger partial charge in [-0.15, -0.1) is 0 Å². The molecule has 39 heteroatoms. The Labute approximate surface area is 603 Å². The van der Waals surface area contributed by atoms with Gasteiger partial charge in [-0.1, -0.05) is 121 Å². The maximum atomic E-state index is 13.8. The molecule has 0 aromatic heterocycles. The minimum atomic E-state index is -6.13. The molecule has 0 amide bonds. The van der Waals surface area contributed by atoms with E-state index in [-0.39, 0.29) is 102 Å². The van der Waals surface area contributed by atoms with Gasteiger partial charge in [-0.3, -0.25) is 18.7 Å². The standard InChI is InChI=1S/3C16H17BrF2NO5PS2.3Na/c3*1-28(24,25)20-13-4-2-3-11(7-13)9-27-10-12-5-6-14(15(17)8-12)16(18,19)26(21,22)23;;;/h3*2-8,20H,9-10H2,1H3,(H2,21,22,23);;;/q;;;3*+1/p-3. The molecule has 0 fully saturated rings. The summed E-state index contributed by atoms with van der Waals surface area (Å²) in [6.45, 7) is 0. The zero-order valence-corrected chi connectivity index (χ0v) is 64.6. The third kappa shape index (κ3) is 28.1. The Morgan fingerprint density at radius 2 is 0.667 bits per heavy atom. The van der Waals surface area contributed by atoms with Crippen LogP contribution in [-0.2, 0) is 95.3 Å². The van der Waals surface area contributed by atoms with Crippen molar-refractivity contribution < 1.29 is 183 Å². The Balaban J connectivity index is 0.000000641. The molecule has 0 saturated carbocycles. The van der Waals surface area contributed by atoms with Gasteiger partial charge in [0.05, 0.1) is 18.8 Å². The van der Waals surface area contributed by atoms with Crippen molar-refractivity contribution in [2.45, 2.75) is 51.5 Å². The largest absolute Gasteiger partial charge is 1.00 e. The van der Waals surface area contributed by atoms with Crippen molar-refractivity contribution in [1.82, 2.24) is 0 Å². The van der Waals surface area contributed by atoms with E-state index in [4.69, 9.17) is 14.7 Å². The fourth-order valence-corrected chi connectivity index (χ4v) is 15.3. The summed E-state index contributed by atoms with van der Waals surface area (Å²) in [5.74, 6) is 2.97. The second kappa shape index (κ2) is 35.7. The first-order valence-corrected chi connectivity index (χ1v) is 39.2. The van der Waals surface area contributed by atoms with Gasteiger partial charge in [-0.25, -0.2) is 25.3 Å². The molecule has 0 aliphatic carbocycles. The number of benzene rings is 6. The molecule has 6 rings (SSSR count). The number of alkyl halides is 6. The van der Waals surface area contributed by atoms with Crippen LogP contribution in [0, 0.1) is 0 Å². The minimum absolute atomic E-state index is 0. The van der Waals surface area contributed by atoms with Crippen molar-refractivity contribution >= 4 is 153 Å².